The number of fused-ring (bicyclic) bond motifs is 1. The van der Waals surface area contributed by atoms with E-state index in [4.69, 9.17) is 4.74 Å². The maximum absolute atomic E-state index is 12.8. The second kappa shape index (κ2) is 5.23. The van der Waals surface area contributed by atoms with Crippen LogP contribution >= 0.6 is 0 Å². The van der Waals surface area contributed by atoms with Gasteiger partial charge < -0.3 is 30.3 Å². The third-order valence-electron chi connectivity index (χ3n) is 4.16. The highest BCUT2D eigenvalue weighted by molar-refractivity contribution is 6.01. The fourth-order valence-electron chi connectivity index (χ4n) is 2.83. The summed E-state index contributed by atoms with van der Waals surface area (Å²) >= 11 is 0. The molecular weight excluding hydrogens is 316 g/mol. The molecule has 0 aliphatic carbocycles. The second-order valence-corrected chi connectivity index (χ2v) is 6.16. The van der Waals surface area contributed by atoms with Crippen LogP contribution in [0.1, 0.15) is 22.8 Å². The molecule has 1 aliphatic heterocycles. The molecule has 0 amide bonds. The van der Waals surface area contributed by atoms with Gasteiger partial charge in [-0.3, -0.25) is 4.79 Å². The van der Waals surface area contributed by atoms with Crippen LogP contribution in [-0.4, -0.2) is 37.9 Å². The van der Waals surface area contributed by atoms with E-state index >= 15 is 0 Å². The Bertz CT molecular complexity index is 820. The number of aromatic hydroxyl groups is 5. The van der Waals surface area contributed by atoms with Crippen LogP contribution < -0.4 is 4.74 Å². The van der Waals surface area contributed by atoms with E-state index in [1.54, 1.807) is 6.92 Å². The minimum atomic E-state index is -1.06. The number of carbonyl (C=O) groups excluding carboxylic acids is 1. The van der Waals surface area contributed by atoms with Crippen molar-refractivity contribution in [3.05, 3.63) is 35.4 Å². The molecule has 24 heavy (non-hydrogen) atoms. The third kappa shape index (κ3) is 2.44. The number of ketones is 1. The Morgan fingerprint density at radius 3 is 2.25 bits per heavy atom. The Morgan fingerprint density at radius 1 is 1.00 bits per heavy atom. The van der Waals surface area contributed by atoms with Gasteiger partial charge in [-0.2, -0.15) is 0 Å². The van der Waals surface area contributed by atoms with Crippen LogP contribution in [0.15, 0.2) is 24.3 Å². The van der Waals surface area contributed by atoms with Crippen molar-refractivity contribution >= 4 is 5.78 Å². The van der Waals surface area contributed by atoms with Crippen molar-refractivity contribution < 1.29 is 35.1 Å². The second-order valence-electron chi connectivity index (χ2n) is 6.16. The van der Waals surface area contributed by atoms with Crippen molar-refractivity contribution in [3.63, 3.8) is 0 Å². The van der Waals surface area contributed by atoms with Gasteiger partial charge in [0.1, 0.15) is 23.9 Å². The quantitative estimate of drug-likeness (QED) is 0.420. The minimum absolute atomic E-state index is 0.00979. The van der Waals surface area contributed by atoms with E-state index in [0.29, 0.717) is 11.3 Å². The lowest BCUT2D eigenvalue weighted by Gasteiger charge is -2.34. The molecule has 1 aliphatic rings. The SMILES string of the molecule is CC1(C(=O)c2cc(O)c(O)c(O)c2)COc2cc(O)cc(O)c2C1. The predicted molar refractivity (Wildman–Crippen MR) is 82.8 cm³/mol. The average Bonchev–Trinajstić information content (AvgIpc) is 2.52. The summed E-state index contributed by atoms with van der Waals surface area (Å²) in [5, 5.41) is 48.0. The summed E-state index contributed by atoms with van der Waals surface area (Å²) in [4.78, 5) is 12.8. The molecule has 1 unspecified atom stereocenters. The monoisotopic (exact) mass is 332 g/mol. The Hall–Kier alpha value is -3.09. The highest BCUT2D eigenvalue weighted by Gasteiger charge is 2.40. The summed E-state index contributed by atoms with van der Waals surface area (Å²) in [7, 11) is 0. The molecular formula is C17H16O7. The van der Waals surface area contributed by atoms with Crippen LogP contribution in [0.2, 0.25) is 0 Å². The van der Waals surface area contributed by atoms with Crippen LogP contribution in [-0.2, 0) is 6.42 Å². The van der Waals surface area contributed by atoms with E-state index in [1.807, 2.05) is 0 Å². The molecule has 5 N–H and O–H groups in total. The maximum atomic E-state index is 12.8. The lowest BCUT2D eigenvalue weighted by molar-refractivity contribution is 0.0669. The van der Waals surface area contributed by atoms with E-state index in [9.17, 15) is 30.3 Å². The van der Waals surface area contributed by atoms with Crippen molar-refractivity contribution in [1.82, 2.24) is 0 Å². The van der Waals surface area contributed by atoms with Crippen LogP contribution in [0, 0.1) is 5.41 Å². The molecule has 7 nitrogen and oxygen atoms in total. The molecule has 0 spiro atoms. The minimum Gasteiger partial charge on any atom is -0.508 e. The fourth-order valence-corrected chi connectivity index (χ4v) is 2.83. The van der Waals surface area contributed by atoms with Gasteiger partial charge in [-0.05, 0) is 25.5 Å². The van der Waals surface area contributed by atoms with E-state index in [0.717, 1.165) is 18.2 Å². The van der Waals surface area contributed by atoms with Gasteiger partial charge in [0.15, 0.2) is 23.0 Å². The number of hydrogen-bond donors (Lipinski definition) is 5. The first-order valence-electron chi connectivity index (χ1n) is 7.19. The largest absolute Gasteiger partial charge is 0.508 e. The molecule has 0 fully saturated rings. The number of phenolic OH excluding ortho intramolecular Hbond substituents is 5. The van der Waals surface area contributed by atoms with Crippen molar-refractivity contribution in [2.24, 2.45) is 5.41 Å². The topological polar surface area (TPSA) is 127 Å². The van der Waals surface area contributed by atoms with Gasteiger partial charge in [0.25, 0.3) is 0 Å². The van der Waals surface area contributed by atoms with Gasteiger partial charge in [-0.1, -0.05) is 0 Å². The Kier molecular flexibility index (Phi) is 3.44. The lowest BCUT2D eigenvalue weighted by atomic mass is 9.76. The Morgan fingerprint density at radius 2 is 1.62 bits per heavy atom. The zero-order chi connectivity index (χ0) is 17.6. The number of phenols is 5. The maximum Gasteiger partial charge on any atom is 0.200 e. The van der Waals surface area contributed by atoms with Crippen molar-refractivity contribution in [1.29, 1.82) is 0 Å². The van der Waals surface area contributed by atoms with Gasteiger partial charge >= 0.3 is 0 Å². The normalized spacial score (nSPS) is 19.4. The van der Waals surface area contributed by atoms with Crippen LogP contribution in [0.3, 0.4) is 0 Å². The molecule has 2 aromatic carbocycles. The number of rotatable bonds is 2. The van der Waals surface area contributed by atoms with Gasteiger partial charge in [0.2, 0.25) is 0 Å². The van der Waals surface area contributed by atoms with Crippen LogP contribution in [0.4, 0.5) is 0 Å². The zero-order valence-electron chi connectivity index (χ0n) is 12.8. The smallest absolute Gasteiger partial charge is 0.200 e. The van der Waals surface area contributed by atoms with Crippen LogP contribution in [0.25, 0.3) is 0 Å². The summed E-state index contributed by atoms with van der Waals surface area (Å²) in [5.41, 5.74) is -0.658. The first-order valence-corrected chi connectivity index (χ1v) is 7.19. The molecule has 1 heterocycles. The Balaban J connectivity index is 1.99. The molecule has 3 rings (SSSR count). The average molecular weight is 332 g/mol. The van der Waals surface area contributed by atoms with Crippen molar-refractivity contribution in [2.45, 2.75) is 13.3 Å². The van der Waals surface area contributed by atoms with Gasteiger partial charge in [-0.25, -0.2) is 0 Å². The summed E-state index contributed by atoms with van der Waals surface area (Å²) in [6, 6.07) is 4.65. The van der Waals surface area contributed by atoms with Gasteiger partial charge in [0.05, 0.1) is 5.41 Å². The fraction of sp³-hybridized carbons (Fsp3) is 0.235. The molecule has 0 aromatic heterocycles. The van der Waals surface area contributed by atoms with E-state index in [2.05, 4.69) is 0 Å². The standard InChI is InChI=1S/C17H16O7/c1-17(16(23)8-2-12(20)15(22)13(21)3-8)6-10-11(19)4-9(18)5-14(10)24-7-17/h2-5,18-22H,6-7H2,1H3. The number of benzene rings is 2. The number of hydrogen-bond acceptors (Lipinski definition) is 7. The molecule has 0 saturated heterocycles. The molecule has 2 aromatic rings. The molecule has 0 bridgehead atoms. The summed E-state index contributed by atoms with van der Waals surface area (Å²) in [6.45, 7) is 1.62. The van der Waals surface area contributed by atoms with Crippen molar-refractivity contribution in [3.8, 4) is 34.5 Å². The summed E-state index contributed by atoms with van der Waals surface area (Å²) in [6.07, 6.45) is 0.148. The van der Waals surface area contributed by atoms with E-state index in [1.165, 1.54) is 6.07 Å². The van der Waals surface area contributed by atoms with Gasteiger partial charge in [-0.15, -0.1) is 0 Å². The molecule has 0 radical (unpaired) electrons. The highest BCUT2D eigenvalue weighted by Crippen LogP contribution is 2.44. The zero-order valence-corrected chi connectivity index (χ0v) is 12.8. The Labute approximate surface area is 137 Å². The third-order valence-corrected chi connectivity index (χ3v) is 4.16. The first-order chi connectivity index (χ1) is 11.2. The van der Waals surface area contributed by atoms with Gasteiger partial charge in [0, 0.05) is 23.3 Å². The van der Waals surface area contributed by atoms with E-state index in [-0.39, 0.29) is 30.1 Å². The summed E-state index contributed by atoms with van der Waals surface area (Å²) in [5.74, 6) is -2.36. The number of carbonyl (C=O) groups is 1. The summed E-state index contributed by atoms with van der Waals surface area (Å²) < 4.78 is 5.51. The molecule has 7 heteroatoms. The number of ether oxygens (including phenoxy) is 1. The van der Waals surface area contributed by atoms with Crippen LogP contribution in [0.5, 0.6) is 34.5 Å². The molecule has 1 atom stereocenters. The van der Waals surface area contributed by atoms with Crippen molar-refractivity contribution in [2.75, 3.05) is 6.61 Å². The predicted octanol–water partition coefficient (Wildman–Crippen LogP) is 2.04. The molecule has 126 valence electrons. The first kappa shape index (κ1) is 15.8. The van der Waals surface area contributed by atoms with E-state index < -0.39 is 28.4 Å². The lowest BCUT2D eigenvalue weighted by Crippen LogP contribution is -2.39. The molecule has 0 saturated carbocycles. The highest BCUT2D eigenvalue weighted by atomic mass is 16.5. The number of Topliss-reactive ketones (excluding diaryl/α,β-unsaturated/α-hetero) is 1.